The van der Waals surface area contributed by atoms with Gasteiger partial charge in [0.05, 0.1) is 0 Å². The summed E-state index contributed by atoms with van der Waals surface area (Å²) in [6.07, 6.45) is 0.956. The maximum atomic E-state index is 10.1. The molecule has 2 aromatic rings. The molecule has 2 unspecified atom stereocenters. The Kier molecular flexibility index (Phi) is 5.27. The van der Waals surface area contributed by atoms with E-state index in [0.29, 0.717) is 5.75 Å². The van der Waals surface area contributed by atoms with Gasteiger partial charge < -0.3 is 10.4 Å². The van der Waals surface area contributed by atoms with Crippen LogP contribution in [-0.2, 0) is 0 Å². The molecule has 2 atom stereocenters. The van der Waals surface area contributed by atoms with E-state index in [1.165, 1.54) is 5.56 Å². The Morgan fingerprint density at radius 1 is 1.19 bits per heavy atom. The number of hydrogen-bond donors (Lipinski definition) is 2. The number of rotatable bonds is 5. The first-order valence-corrected chi connectivity index (χ1v) is 7.70. The summed E-state index contributed by atoms with van der Waals surface area (Å²) in [4.78, 5) is 0. The first-order valence-electron chi connectivity index (χ1n) is 7.32. The van der Waals surface area contributed by atoms with E-state index in [0.717, 1.165) is 22.6 Å². The van der Waals surface area contributed by atoms with Crippen LogP contribution in [0.3, 0.4) is 0 Å². The summed E-state index contributed by atoms with van der Waals surface area (Å²) < 4.78 is 0. The Balaban J connectivity index is 2.18. The third kappa shape index (κ3) is 3.99. The molecule has 21 heavy (non-hydrogen) atoms. The Morgan fingerprint density at radius 3 is 2.57 bits per heavy atom. The van der Waals surface area contributed by atoms with Gasteiger partial charge in [-0.2, -0.15) is 0 Å². The van der Waals surface area contributed by atoms with Crippen molar-refractivity contribution in [2.24, 2.45) is 0 Å². The zero-order chi connectivity index (χ0) is 15.4. The van der Waals surface area contributed by atoms with Gasteiger partial charge in [0.2, 0.25) is 0 Å². The highest BCUT2D eigenvalue weighted by Crippen LogP contribution is 2.29. The number of nitrogens with one attached hydrogen (secondary N) is 1. The van der Waals surface area contributed by atoms with E-state index in [-0.39, 0.29) is 12.1 Å². The van der Waals surface area contributed by atoms with Crippen molar-refractivity contribution in [2.45, 2.75) is 39.3 Å². The summed E-state index contributed by atoms with van der Waals surface area (Å²) in [5.74, 6) is 0.343. The van der Waals surface area contributed by atoms with Crippen LogP contribution in [-0.4, -0.2) is 5.11 Å². The molecule has 0 spiro atoms. The maximum Gasteiger partial charge on any atom is 0.120 e. The van der Waals surface area contributed by atoms with Gasteiger partial charge in [-0.25, -0.2) is 0 Å². The summed E-state index contributed by atoms with van der Waals surface area (Å²) in [5, 5.41) is 14.4. The minimum atomic E-state index is 0.0644. The maximum absolute atomic E-state index is 10.1. The van der Waals surface area contributed by atoms with Crippen LogP contribution in [0.4, 0.5) is 0 Å². The van der Waals surface area contributed by atoms with Gasteiger partial charge in [-0.1, -0.05) is 42.8 Å². The van der Waals surface area contributed by atoms with Crippen molar-refractivity contribution < 1.29 is 5.11 Å². The van der Waals surface area contributed by atoms with Gasteiger partial charge in [-0.15, -0.1) is 0 Å². The highest BCUT2D eigenvalue weighted by Gasteiger charge is 2.16. The predicted molar refractivity (Wildman–Crippen MR) is 88.9 cm³/mol. The number of hydrogen-bond acceptors (Lipinski definition) is 2. The van der Waals surface area contributed by atoms with Crippen LogP contribution in [0.1, 0.15) is 49.0 Å². The molecule has 0 aromatic heterocycles. The van der Waals surface area contributed by atoms with E-state index in [9.17, 15) is 5.11 Å². The van der Waals surface area contributed by atoms with E-state index in [4.69, 9.17) is 11.6 Å². The van der Waals surface area contributed by atoms with Crippen molar-refractivity contribution >= 4 is 11.6 Å². The Labute approximate surface area is 131 Å². The van der Waals surface area contributed by atoms with Gasteiger partial charge >= 0.3 is 0 Å². The quantitative estimate of drug-likeness (QED) is 0.800. The second-order valence-electron chi connectivity index (χ2n) is 5.47. The van der Waals surface area contributed by atoms with Crippen molar-refractivity contribution in [1.82, 2.24) is 5.32 Å². The molecule has 2 N–H and O–H groups in total. The lowest BCUT2D eigenvalue weighted by Gasteiger charge is -2.24. The first kappa shape index (κ1) is 15.9. The van der Waals surface area contributed by atoms with Crippen LogP contribution in [0.5, 0.6) is 5.75 Å². The molecule has 0 radical (unpaired) electrons. The van der Waals surface area contributed by atoms with Gasteiger partial charge in [0, 0.05) is 22.7 Å². The SMILES string of the molecule is CCC(NC(C)c1ccc(C)cc1O)c1cccc(Cl)c1. The third-order valence-electron chi connectivity index (χ3n) is 3.76. The first-order chi connectivity index (χ1) is 10.0. The summed E-state index contributed by atoms with van der Waals surface area (Å²) in [5.41, 5.74) is 3.15. The summed E-state index contributed by atoms with van der Waals surface area (Å²) in [7, 11) is 0. The van der Waals surface area contributed by atoms with E-state index in [1.54, 1.807) is 6.07 Å². The molecule has 2 aromatic carbocycles. The molecule has 0 heterocycles. The number of halogens is 1. The number of phenols is 1. The molecule has 0 aliphatic carbocycles. The zero-order valence-electron chi connectivity index (χ0n) is 12.7. The molecule has 2 nitrogen and oxygen atoms in total. The summed E-state index contributed by atoms with van der Waals surface area (Å²) in [6, 6.07) is 14.0. The molecule has 0 aliphatic heterocycles. The Morgan fingerprint density at radius 2 is 1.95 bits per heavy atom. The fourth-order valence-corrected chi connectivity index (χ4v) is 2.78. The zero-order valence-corrected chi connectivity index (χ0v) is 13.5. The molecule has 0 amide bonds. The van der Waals surface area contributed by atoms with E-state index in [1.807, 2.05) is 37.3 Å². The highest BCUT2D eigenvalue weighted by molar-refractivity contribution is 6.30. The van der Waals surface area contributed by atoms with Gasteiger partial charge in [-0.05, 0) is 49.6 Å². The minimum Gasteiger partial charge on any atom is -0.508 e. The van der Waals surface area contributed by atoms with Gasteiger partial charge in [0.15, 0.2) is 0 Å². The monoisotopic (exact) mass is 303 g/mol. The fraction of sp³-hybridized carbons (Fsp3) is 0.333. The average Bonchev–Trinajstić information content (AvgIpc) is 2.44. The van der Waals surface area contributed by atoms with E-state index < -0.39 is 0 Å². The summed E-state index contributed by atoms with van der Waals surface area (Å²) in [6.45, 7) is 6.18. The highest BCUT2D eigenvalue weighted by atomic mass is 35.5. The lowest BCUT2D eigenvalue weighted by atomic mass is 10.00. The van der Waals surface area contributed by atoms with Crippen molar-refractivity contribution in [2.75, 3.05) is 0 Å². The fourth-order valence-electron chi connectivity index (χ4n) is 2.58. The number of phenolic OH excluding ortho intramolecular Hbond substituents is 1. The van der Waals surface area contributed by atoms with Crippen molar-refractivity contribution in [1.29, 1.82) is 0 Å². The lowest BCUT2D eigenvalue weighted by Crippen LogP contribution is -2.24. The Hall–Kier alpha value is -1.51. The van der Waals surface area contributed by atoms with Crippen LogP contribution >= 0.6 is 11.6 Å². The van der Waals surface area contributed by atoms with Crippen LogP contribution in [0.15, 0.2) is 42.5 Å². The van der Waals surface area contributed by atoms with Gasteiger partial charge in [-0.3, -0.25) is 0 Å². The molecule has 0 saturated carbocycles. The average molecular weight is 304 g/mol. The molecule has 0 saturated heterocycles. The summed E-state index contributed by atoms with van der Waals surface area (Å²) >= 11 is 6.07. The molecule has 2 rings (SSSR count). The Bertz CT molecular complexity index is 612. The van der Waals surface area contributed by atoms with E-state index >= 15 is 0 Å². The molecule has 0 aliphatic rings. The van der Waals surface area contributed by atoms with Crippen LogP contribution < -0.4 is 5.32 Å². The second-order valence-corrected chi connectivity index (χ2v) is 5.90. The lowest BCUT2D eigenvalue weighted by molar-refractivity contribution is 0.424. The normalized spacial score (nSPS) is 13.9. The molecule has 3 heteroatoms. The van der Waals surface area contributed by atoms with Crippen LogP contribution in [0, 0.1) is 6.92 Å². The topological polar surface area (TPSA) is 32.3 Å². The predicted octanol–water partition coefficient (Wildman–Crippen LogP) is 5.16. The largest absolute Gasteiger partial charge is 0.508 e. The molecule has 0 bridgehead atoms. The van der Waals surface area contributed by atoms with Crippen LogP contribution in [0.2, 0.25) is 5.02 Å². The van der Waals surface area contributed by atoms with Gasteiger partial charge in [0.25, 0.3) is 0 Å². The van der Waals surface area contributed by atoms with E-state index in [2.05, 4.69) is 25.2 Å². The number of aryl methyl sites for hydroxylation is 1. The molecular formula is C18H22ClNO. The molecular weight excluding hydrogens is 282 g/mol. The van der Waals surface area contributed by atoms with Crippen molar-refractivity contribution in [3.8, 4) is 5.75 Å². The van der Waals surface area contributed by atoms with Crippen LogP contribution in [0.25, 0.3) is 0 Å². The number of aromatic hydroxyl groups is 1. The van der Waals surface area contributed by atoms with Gasteiger partial charge in [0.1, 0.15) is 5.75 Å². The molecule has 0 fully saturated rings. The third-order valence-corrected chi connectivity index (χ3v) is 4.00. The minimum absolute atomic E-state index is 0.0644. The van der Waals surface area contributed by atoms with Crippen molar-refractivity contribution in [3.63, 3.8) is 0 Å². The smallest absolute Gasteiger partial charge is 0.120 e. The number of benzene rings is 2. The van der Waals surface area contributed by atoms with Crippen molar-refractivity contribution in [3.05, 3.63) is 64.2 Å². The second kappa shape index (κ2) is 6.97. The molecule has 112 valence electrons. The standard InChI is InChI=1S/C18H22ClNO/c1-4-17(14-6-5-7-15(19)11-14)20-13(3)16-9-8-12(2)10-18(16)21/h5-11,13,17,20-21H,4H2,1-3H3.